The van der Waals surface area contributed by atoms with Gasteiger partial charge in [-0.1, -0.05) is 6.07 Å². The molecular weight excluding hydrogens is 274 g/mol. The summed E-state index contributed by atoms with van der Waals surface area (Å²) in [5.41, 5.74) is 0.670. The predicted molar refractivity (Wildman–Crippen MR) is 78.6 cm³/mol. The average molecular weight is 291 g/mol. The Morgan fingerprint density at radius 3 is 2.75 bits per heavy atom. The van der Waals surface area contributed by atoms with Gasteiger partial charge in [0.05, 0.1) is 0 Å². The highest BCUT2D eigenvalue weighted by Gasteiger charge is 2.21. The van der Waals surface area contributed by atoms with Gasteiger partial charge in [0.25, 0.3) is 0 Å². The van der Waals surface area contributed by atoms with Crippen LogP contribution in [0.15, 0.2) is 24.4 Å². The summed E-state index contributed by atoms with van der Waals surface area (Å²) in [6.45, 7) is 5.62. The van der Waals surface area contributed by atoms with E-state index in [1.807, 2.05) is 32.0 Å². The lowest BCUT2D eigenvalue weighted by Crippen LogP contribution is -2.36. The van der Waals surface area contributed by atoms with Crippen molar-refractivity contribution in [2.24, 2.45) is 0 Å². The Morgan fingerprint density at radius 2 is 2.15 bits per heavy atom. The summed E-state index contributed by atoms with van der Waals surface area (Å²) < 4.78 is 2.08. The van der Waals surface area contributed by atoms with E-state index in [0.29, 0.717) is 16.3 Å². The molecule has 2 rings (SSSR count). The fraction of sp³-hybridized carbons (Fsp3) is 0.385. The fourth-order valence-electron chi connectivity index (χ4n) is 1.86. The summed E-state index contributed by atoms with van der Waals surface area (Å²) in [5, 5.41) is 9.76. The zero-order valence-corrected chi connectivity index (χ0v) is 12.4. The van der Waals surface area contributed by atoms with Crippen LogP contribution < -0.4 is 5.32 Å². The molecule has 0 aliphatic heterocycles. The third-order valence-corrected chi connectivity index (χ3v) is 3.08. The summed E-state index contributed by atoms with van der Waals surface area (Å²) in [7, 11) is 0. The Labute approximate surface area is 122 Å². The first-order valence-electron chi connectivity index (χ1n) is 6.39. The fourth-order valence-corrected chi connectivity index (χ4v) is 2.15. The van der Waals surface area contributed by atoms with Gasteiger partial charge in [-0.3, -0.25) is 19.4 Å². The normalized spacial score (nSPS) is 12.4. The van der Waals surface area contributed by atoms with Crippen LogP contribution in [0.25, 0.3) is 11.5 Å². The number of H-pyrrole nitrogens is 1. The number of nitrogens with zero attached hydrogens (tertiary/aromatic N) is 3. The van der Waals surface area contributed by atoms with Crippen molar-refractivity contribution >= 4 is 18.1 Å². The van der Waals surface area contributed by atoms with Crippen LogP contribution in [0.2, 0.25) is 0 Å². The molecule has 6 nitrogen and oxygen atoms in total. The highest BCUT2D eigenvalue weighted by molar-refractivity contribution is 7.71. The quantitative estimate of drug-likeness (QED) is 0.846. The topological polar surface area (TPSA) is 75.6 Å². The van der Waals surface area contributed by atoms with Gasteiger partial charge in [0.1, 0.15) is 11.7 Å². The Hall–Kier alpha value is -2.02. The molecule has 0 aliphatic carbocycles. The molecule has 0 saturated carbocycles. The van der Waals surface area contributed by atoms with E-state index in [4.69, 9.17) is 12.2 Å². The molecule has 2 aromatic rings. The number of carbonyl (C=O) groups excluding carboxylic acids is 1. The molecule has 1 amide bonds. The maximum Gasteiger partial charge on any atom is 0.243 e. The number of hydrogen-bond donors (Lipinski definition) is 2. The molecule has 0 fully saturated rings. The first-order chi connectivity index (χ1) is 9.50. The van der Waals surface area contributed by atoms with Gasteiger partial charge >= 0.3 is 0 Å². The van der Waals surface area contributed by atoms with Crippen molar-refractivity contribution in [3.8, 4) is 11.5 Å². The molecule has 0 spiro atoms. The van der Waals surface area contributed by atoms with E-state index in [-0.39, 0.29) is 11.9 Å². The second-order valence-corrected chi connectivity index (χ2v) is 5.16. The minimum Gasteiger partial charge on any atom is -0.352 e. The molecular formula is C13H17N5OS. The molecule has 2 N–H and O–H groups in total. The van der Waals surface area contributed by atoms with Gasteiger partial charge in [-0.25, -0.2) is 0 Å². The van der Waals surface area contributed by atoms with Crippen LogP contribution >= 0.6 is 12.2 Å². The minimum atomic E-state index is -0.458. The zero-order chi connectivity index (χ0) is 14.7. The predicted octanol–water partition coefficient (Wildman–Crippen LogP) is 2.09. The zero-order valence-electron chi connectivity index (χ0n) is 11.6. The standard InChI is InChI=1S/C13H17N5OS/c1-8(2)15-12(19)9(3)18-11(16-17-13(18)20)10-6-4-5-7-14-10/h4-9H,1-3H3,(H,15,19)(H,17,20). The van der Waals surface area contributed by atoms with Crippen molar-refractivity contribution in [2.75, 3.05) is 0 Å². The van der Waals surface area contributed by atoms with Crippen LogP contribution in [0.5, 0.6) is 0 Å². The lowest BCUT2D eigenvalue weighted by Gasteiger charge is -2.17. The molecule has 2 aromatic heterocycles. The van der Waals surface area contributed by atoms with Crippen LogP contribution in [-0.4, -0.2) is 31.7 Å². The van der Waals surface area contributed by atoms with Crippen LogP contribution in [-0.2, 0) is 4.79 Å². The molecule has 20 heavy (non-hydrogen) atoms. The molecule has 1 unspecified atom stereocenters. The highest BCUT2D eigenvalue weighted by Crippen LogP contribution is 2.19. The van der Waals surface area contributed by atoms with Crippen molar-refractivity contribution in [1.29, 1.82) is 0 Å². The number of pyridine rings is 1. The first kappa shape index (κ1) is 14.4. The van der Waals surface area contributed by atoms with E-state index in [1.54, 1.807) is 17.7 Å². The summed E-state index contributed by atoms with van der Waals surface area (Å²) in [5.74, 6) is 0.455. The number of nitrogens with one attached hydrogen (secondary N) is 2. The highest BCUT2D eigenvalue weighted by atomic mass is 32.1. The van der Waals surface area contributed by atoms with E-state index >= 15 is 0 Å². The van der Waals surface area contributed by atoms with E-state index in [1.165, 1.54) is 0 Å². The number of amides is 1. The van der Waals surface area contributed by atoms with Gasteiger partial charge in [0, 0.05) is 12.2 Å². The van der Waals surface area contributed by atoms with Crippen molar-refractivity contribution in [2.45, 2.75) is 32.9 Å². The SMILES string of the molecule is CC(C)NC(=O)C(C)n1c(-c2ccccn2)n[nH]c1=S. The maximum absolute atomic E-state index is 12.1. The van der Waals surface area contributed by atoms with Gasteiger partial charge in [0.2, 0.25) is 5.91 Å². The summed E-state index contributed by atoms with van der Waals surface area (Å²) in [6, 6.07) is 5.13. The van der Waals surface area contributed by atoms with Crippen LogP contribution in [0.3, 0.4) is 0 Å². The van der Waals surface area contributed by atoms with Gasteiger partial charge < -0.3 is 5.32 Å². The second kappa shape index (κ2) is 5.96. The lowest BCUT2D eigenvalue weighted by molar-refractivity contribution is -0.124. The molecule has 2 heterocycles. The summed E-state index contributed by atoms with van der Waals surface area (Å²) in [4.78, 5) is 16.4. The number of aromatic amines is 1. The first-order valence-corrected chi connectivity index (χ1v) is 6.80. The molecule has 0 bridgehead atoms. The van der Waals surface area contributed by atoms with E-state index in [0.717, 1.165) is 0 Å². The smallest absolute Gasteiger partial charge is 0.243 e. The Balaban J connectivity index is 2.40. The number of rotatable bonds is 4. The van der Waals surface area contributed by atoms with Crippen LogP contribution in [0, 0.1) is 4.77 Å². The second-order valence-electron chi connectivity index (χ2n) is 4.78. The third kappa shape index (κ3) is 2.93. The number of aromatic nitrogens is 4. The van der Waals surface area contributed by atoms with E-state index in [9.17, 15) is 4.79 Å². The third-order valence-electron chi connectivity index (χ3n) is 2.80. The largest absolute Gasteiger partial charge is 0.352 e. The average Bonchev–Trinajstić information content (AvgIpc) is 2.80. The van der Waals surface area contributed by atoms with Gasteiger partial charge in [-0.05, 0) is 45.1 Å². The minimum absolute atomic E-state index is 0.0734. The monoisotopic (exact) mass is 291 g/mol. The molecule has 7 heteroatoms. The van der Waals surface area contributed by atoms with Crippen LogP contribution in [0.4, 0.5) is 0 Å². The van der Waals surface area contributed by atoms with Crippen molar-refractivity contribution < 1.29 is 4.79 Å². The van der Waals surface area contributed by atoms with Crippen molar-refractivity contribution in [3.05, 3.63) is 29.2 Å². The number of hydrogen-bond acceptors (Lipinski definition) is 4. The van der Waals surface area contributed by atoms with Gasteiger partial charge in [-0.15, -0.1) is 0 Å². The molecule has 106 valence electrons. The Bertz CT molecular complexity index is 646. The molecule has 0 saturated heterocycles. The van der Waals surface area contributed by atoms with Gasteiger partial charge in [-0.2, -0.15) is 5.10 Å². The number of carbonyl (C=O) groups is 1. The summed E-state index contributed by atoms with van der Waals surface area (Å²) >= 11 is 5.22. The Morgan fingerprint density at radius 1 is 1.40 bits per heavy atom. The molecule has 0 aromatic carbocycles. The van der Waals surface area contributed by atoms with E-state index < -0.39 is 6.04 Å². The van der Waals surface area contributed by atoms with Crippen molar-refractivity contribution in [1.82, 2.24) is 25.1 Å². The molecule has 0 aliphatic rings. The van der Waals surface area contributed by atoms with Crippen molar-refractivity contribution in [3.63, 3.8) is 0 Å². The molecule has 0 radical (unpaired) electrons. The molecule has 1 atom stereocenters. The Kier molecular flexibility index (Phi) is 4.29. The lowest BCUT2D eigenvalue weighted by atomic mass is 10.2. The van der Waals surface area contributed by atoms with Crippen LogP contribution in [0.1, 0.15) is 26.8 Å². The maximum atomic E-state index is 12.1. The van der Waals surface area contributed by atoms with E-state index in [2.05, 4.69) is 20.5 Å². The summed E-state index contributed by atoms with van der Waals surface area (Å²) in [6.07, 6.45) is 1.68. The van der Waals surface area contributed by atoms with Gasteiger partial charge in [0.15, 0.2) is 10.6 Å².